The van der Waals surface area contributed by atoms with Crippen LogP contribution in [-0.4, -0.2) is 89.3 Å². The largest absolute Gasteiger partial charge is 0.464 e. The zero-order chi connectivity index (χ0) is 33.7. The van der Waals surface area contributed by atoms with Crippen molar-refractivity contribution in [3.8, 4) is 0 Å². The van der Waals surface area contributed by atoms with E-state index in [0.717, 1.165) is 12.8 Å². The summed E-state index contributed by atoms with van der Waals surface area (Å²) in [6.07, 6.45) is 10.5. The smallest absolute Gasteiger partial charge is 0.331 e. The number of nitrogens with one attached hydrogen (secondary N) is 1. The molecule has 9 nitrogen and oxygen atoms in total. The number of rotatable bonds is 4. The molecule has 3 aliphatic heterocycles. The number of carbonyl (C=O) groups excluding carboxylic acids is 2. The number of likely N-dealkylation sites (N-methyl/N-ethyl adjacent to an activating group) is 1. The molecule has 2 bridgehead atoms. The minimum absolute atomic E-state index is 0.0415. The highest BCUT2D eigenvalue weighted by Crippen LogP contribution is 2.72. The van der Waals surface area contributed by atoms with Crippen molar-refractivity contribution >= 4 is 20.3 Å². The van der Waals surface area contributed by atoms with Crippen molar-refractivity contribution in [3.63, 3.8) is 0 Å². The van der Waals surface area contributed by atoms with Crippen molar-refractivity contribution in [1.29, 1.82) is 0 Å². The Morgan fingerprint density at radius 1 is 1.13 bits per heavy atom. The quantitative estimate of drug-likeness (QED) is 0.177. The Morgan fingerprint density at radius 2 is 1.85 bits per heavy atom. The van der Waals surface area contributed by atoms with Crippen LogP contribution in [-0.2, 0) is 37.7 Å². The molecule has 10 heteroatoms. The molecule has 10 atom stereocenters. The van der Waals surface area contributed by atoms with E-state index in [9.17, 15) is 9.59 Å². The second-order valence-corrected chi connectivity index (χ2v) is 20.8. The molecule has 0 amide bonds. The molecular formula is C36H57NO8Si. The van der Waals surface area contributed by atoms with E-state index in [4.69, 9.17) is 28.1 Å². The minimum atomic E-state index is -2.06. The third-order valence-electron chi connectivity index (χ3n) is 12.4. The van der Waals surface area contributed by atoms with Crippen molar-refractivity contribution in [2.45, 2.75) is 134 Å². The van der Waals surface area contributed by atoms with E-state index >= 15 is 0 Å². The molecule has 46 heavy (non-hydrogen) atoms. The highest BCUT2D eigenvalue weighted by molar-refractivity contribution is 6.74. The molecule has 2 spiro atoms. The van der Waals surface area contributed by atoms with E-state index < -0.39 is 42.9 Å². The average Bonchev–Trinajstić information content (AvgIpc) is 3.75. The van der Waals surface area contributed by atoms with Gasteiger partial charge in [-0.25, -0.2) is 4.79 Å². The van der Waals surface area contributed by atoms with Crippen molar-refractivity contribution in [2.75, 3.05) is 26.9 Å². The van der Waals surface area contributed by atoms with Crippen molar-refractivity contribution in [3.05, 3.63) is 36.0 Å². The van der Waals surface area contributed by atoms with Gasteiger partial charge in [-0.3, -0.25) is 4.79 Å². The first kappa shape index (κ1) is 35.5. The first-order valence-corrected chi connectivity index (χ1v) is 20.1. The summed E-state index contributed by atoms with van der Waals surface area (Å²) < 4.78 is 38.6. The van der Waals surface area contributed by atoms with Gasteiger partial charge in [0.2, 0.25) is 0 Å². The summed E-state index contributed by atoms with van der Waals surface area (Å²) in [5.41, 5.74) is -0.523. The number of allylic oxidation sites excluding steroid dienone is 3. The fourth-order valence-electron chi connectivity index (χ4n) is 8.16. The number of epoxide rings is 1. The lowest BCUT2D eigenvalue weighted by molar-refractivity contribution is -0.233. The summed E-state index contributed by atoms with van der Waals surface area (Å²) in [6.45, 7) is 20.6. The Kier molecular flexibility index (Phi) is 9.95. The Hall–Kier alpha value is -1.82. The lowest BCUT2D eigenvalue weighted by Gasteiger charge is -2.58. The predicted molar refractivity (Wildman–Crippen MR) is 179 cm³/mol. The van der Waals surface area contributed by atoms with E-state index in [1.165, 1.54) is 11.6 Å². The molecule has 2 aliphatic carbocycles. The summed E-state index contributed by atoms with van der Waals surface area (Å²) in [5, 5.41) is 3.26. The van der Waals surface area contributed by atoms with E-state index in [-0.39, 0.29) is 47.9 Å². The number of hydrogen-bond acceptors (Lipinski definition) is 9. The fourth-order valence-corrected chi connectivity index (χ4v) is 9.58. The van der Waals surface area contributed by atoms with Crippen LogP contribution >= 0.6 is 0 Å². The average molecular weight is 660 g/mol. The van der Waals surface area contributed by atoms with Crippen molar-refractivity contribution < 1.29 is 37.7 Å². The van der Waals surface area contributed by atoms with Gasteiger partial charge in [0, 0.05) is 24.5 Å². The second-order valence-electron chi connectivity index (χ2n) is 16.1. The molecular weight excluding hydrogens is 602 g/mol. The molecule has 5 aliphatic rings. The molecule has 1 saturated carbocycles. The second kappa shape index (κ2) is 12.9. The van der Waals surface area contributed by atoms with Gasteiger partial charge >= 0.3 is 11.9 Å². The SMILES string of the molecule is CN[C@@H]1C(=O)OC[C@]23CCC(C)=C[C@H]2O[C@@H]2C[C@@H](OC(=O)/C=C\C=C\[C@H]([C@@H](C)O[Si](C)(C)C(C)(C)C)OCC[C@H]1C)[C@@]3(C)[C@]21CO1. The maximum atomic E-state index is 13.8. The highest BCUT2D eigenvalue weighted by atomic mass is 28.4. The highest BCUT2D eigenvalue weighted by Gasteiger charge is 2.83. The van der Waals surface area contributed by atoms with Gasteiger partial charge in [0.15, 0.2) is 8.32 Å². The summed E-state index contributed by atoms with van der Waals surface area (Å²) >= 11 is 0. The number of esters is 2. The first-order valence-electron chi connectivity index (χ1n) is 17.2. The zero-order valence-electron chi connectivity index (χ0n) is 29.6. The number of carbonyl (C=O) groups is 2. The minimum Gasteiger partial charge on any atom is -0.464 e. The van der Waals surface area contributed by atoms with Gasteiger partial charge in [-0.2, -0.15) is 0 Å². The Bertz CT molecular complexity index is 1250. The number of ether oxygens (including phenoxy) is 5. The fraction of sp³-hybridized carbons (Fsp3) is 0.778. The van der Waals surface area contributed by atoms with Crippen LogP contribution in [0, 0.1) is 16.7 Å². The molecule has 0 aromatic heterocycles. The summed E-state index contributed by atoms with van der Waals surface area (Å²) in [6, 6.07) is -0.510. The van der Waals surface area contributed by atoms with Gasteiger partial charge in [0.05, 0.1) is 30.3 Å². The molecule has 258 valence electrons. The van der Waals surface area contributed by atoms with Crippen molar-refractivity contribution in [2.24, 2.45) is 16.7 Å². The molecule has 0 aromatic rings. The topological polar surface area (TPSA) is 105 Å². The summed E-state index contributed by atoms with van der Waals surface area (Å²) in [4.78, 5) is 27.1. The lowest BCUT2D eigenvalue weighted by Crippen LogP contribution is -2.67. The van der Waals surface area contributed by atoms with Crippen LogP contribution in [0.1, 0.15) is 74.1 Å². The summed E-state index contributed by atoms with van der Waals surface area (Å²) in [5.74, 6) is -0.758. The predicted octanol–water partition coefficient (Wildman–Crippen LogP) is 5.65. The lowest BCUT2D eigenvalue weighted by atomic mass is 9.51. The molecule has 0 unspecified atom stereocenters. The molecule has 2 saturated heterocycles. The van der Waals surface area contributed by atoms with Crippen molar-refractivity contribution in [1.82, 2.24) is 5.32 Å². The molecule has 1 N–H and O–H groups in total. The molecule has 0 radical (unpaired) electrons. The van der Waals surface area contributed by atoms with E-state index in [2.05, 4.69) is 66.0 Å². The Balaban J connectivity index is 1.46. The first-order chi connectivity index (χ1) is 21.5. The molecule has 3 fully saturated rings. The van der Waals surface area contributed by atoms with Crippen LogP contribution in [0.3, 0.4) is 0 Å². The molecule has 3 heterocycles. The Labute approximate surface area is 276 Å². The van der Waals surface area contributed by atoms with Gasteiger partial charge in [-0.1, -0.05) is 64.5 Å². The monoisotopic (exact) mass is 659 g/mol. The van der Waals surface area contributed by atoms with Gasteiger partial charge in [-0.15, -0.1) is 0 Å². The molecule has 0 aromatic carbocycles. The maximum absolute atomic E-state index is 13.8. The third-order valence-corrected chi connectivity index (χ3v) is 16.9. The van der Waals surface area contributed by atoms with Crippen LogP contribution < -0.4 is 5.32 Å². The number of hydrogen-bond donors (Lipinski definition) is 1. The molecule has 5 rings (SSSR count). The van der Waals surface area contributed by atoms with Gasteiger partial charge < -0.3 is 33.4 Å². The standard InChI is InChI=1S/C36H57NO8Si/c1-23-15-17-35-21-41-32(39)31(37-8)24(2)16-18-40-26(25(3)45-46(9,10)33(4,5)6)13-11-12-14-30(38)44-27-20-29(43-28(35)19-23)36(22-42-36)34(27,35)7/h11-14,19,24-29,31,37H,15-18,20-22H2,1-10H3/b13-11+,14-12-/t24-,25-,26-,27-,28-,29-,31+,34-,35-,36+/m1/s1. The van der Waals surface area contributed by atoms with Gasteiger partial charge in [0.1, 0.15) is 30.5 Å². The van der Waals surface area contributed by atoms with Crippen LogP contribution in [0.4, 0.5) is 0 Å². The Morgan fingerprint density at radius 3 is 2.50 bits per heavy atom. The maximum Gasteiger partial charge on any atom is 0.331 e. The zero-order valence-corrected chi connectivity index (χ0v) is 30.6. The van der Waals surface area contributed by atoms with E-state index in [0.29, 0.717) is 26.1 Å². The third kappa shape index (κ3) is 6.11. The summed E-state index contributed by atoms with van der Waals surface area (Å²) in [7, 11) is -0.263. The van der Waals surface area contributed by atoms with Gasteiger partial charge in [0.25, 0.3) is 0 Å². The number of cyclic esters (lactones) is 1. The normalized spacial score (nSPS) is 42.5. The van der Waals surface area contributed by atoms with Crippen LogP contribution in [0.2, 0.25) is 18.1 Å². The van der Waals surface area contributed by atoms with Crippen LogP contribution in [0.15, 0.2) is 36.0 Å². The van der Waals surface area contributed by atoms with Crippen LogP contribution in [0.5, 0.6) is 0 Å². The van der Waals surface area contributed by atoms with E-state index in [1.54, 1.807) is 13.1 Å². The van der Waals surface area contributed by atoms with E-state index in [1.807, 2.05) is 19.1 Å². The van der Waals surface area contributed by atoms with Gasteiger partial charge in [-0.05, 0) is 64.2 Å². The van der Waals surface area contributed by atoms with Crippen LogP contribution in [0.25, 0.3) is 0 Å².